The van der Waals surface area contributed by atoms with Gasteiger partial charge in [0.25, 0.3) is 0 Å². The van der Waals surface area contributed by atoms with Crippen LogP contribution < -0.4 is 4.74 Å². The van der Waals surface area contributed by atoms with E-state index >= 15 is 0 Å². The molecule has 2 aromatic carbocycles. The van der Waals surface area contributed by atoms with Crippen LogP contribution in [0.2, 0.25) is 0 Å². The van der Waals surface area contributed by atoms with E-state index in [0.717, 1.165) is 35.6 Å². The van der Waals surface area contributed by atoms with Gasteiger partial charge in [-0.2, -0.15) is 0 Å². The molecular weight excluding hydrogens is 308 g/mol. The topological polar surface area (TPSA) is 34.0 Å². The maximum absolute atomic E-state index is 6.05. The minimum Gasteiger partial charge on any atom is -0.457 e. The highest BCUT2D eigenvalue weighted by Gasteiger charge is 2.03. The average Bonchev–Trinajstić information content (AvgIpc) is 2.63. The standard InChI is InChI=1S/C22H28N2O/c1-3-4-5-6-9-15-24-18-20-12-7-8-14-22(20)25-21-13-10-11-19(16-21)17-23-2/h7-8,10-14,16-18H,3-6,9,15H2,1-2H3/b23-17+,24-18+. The number of nitrogens with zero attached hydrogens (tertiary/aromatic N) is 2. The SMILES string of the molecule is CCCCCCC/N=C/c1ccccc1Oc1cccc(/C=N/C)c1. The monoisotopic (exact) mass is 336 g/mol. The van der Waals surface area contributed by atoms with E-state index in [9.17, 15) is 0 Å². The van der Waals surface area contributed by atoms with Crippen molar-refractivity contribution in [3.8, 4) is 11.5 Å². The molecule has 3 heteroatoms. The Hall–Kier alpha value is -2.42. The molecule has 0 spiro atoms. The normalized spacial score (nSPS) is 11.4. The van der Waals surface area contributed by atoms with E-state index in [1.807, 2.05) is 61.0 Å². The highest BCUT2D eigenvalue weighted by molar-refractivity contribution is 5.84. The van der Waals surface area contributed by atoms with Crippen LogP contribution in [0.15, 0.2) is 58.5 Å². The van der Waals surface area contributed by atoms with E-state index in [2.05, 4.69) is 16.9 Å². The first-order valence-corrected chi connectivity index (χ1v) is 9.12. The third kappa shape index (κ3) is 6.92. The zero-order valence-electron chi connectivity index (χ0n) is 15.3. The summed E-state index contributed by atoms with van der Waals surface area (Å²) in [5.74, 6) is 1.63. The molecule has 2 aromatic rings. The second-order valence-electron chi connectivity index (χ2n) is 6.05. The van der Waals surface area contributed by atoms with Crippen molar-refractivity contribution in [1.82, 2.24) is 0 Å². The first kappa shape index (κ1) is 18.9. The molecule has 0 saturated heterocycles. The summed E-state index contributed by atoms with van der Waals surface area (Å²) in [4.78, 5) is 8.61. The van der Waals surface area contributed by atoms with Gasteiger partial charge in [-0.15, -0.1) is 0 Å². The largest absolute Gasteiger partial charge is 0.457 e. The van der Waals surface area contributed by atoms with Crippen LogP contribution >= 0.6 is 0 Å². The van der Waals surface area contributed by atoms with Gasteiger partial charge in [0.2, 0.25) is 0 Å². The summed E-state index contributed by atoms with van der Waals surface area (Å²) in [7, 11) is 1.77. The molecule has 0 aromatic heterocycles. The van der Waals surface area contributed by atoms with E-state index in [1.54, 1.807) is 7.05 Å². The summed E-state index contributed by atoms with van der Waals surface area (Å²) in [5.41, 5.74) is 2.03. The molecule has 0 fully saturated rings. The maximum Gasteiger partial charge on any atom is 0.136 e. The molecule has 0 unspecified atom stereocenters. The minimum absolute atomic E-state index is 0.804. The van der Waals surface area contributed by atoms with Crippen molar-refractivity contribution in [2.45, 2.75) is 39.0 Å². The Kier molecular flexibility index (Phi) is 8.46. The second-order valence-corrected chi connectivity index (χ2v) is 6.05. The van der Waals surface area contributed by atoms with E-state index in [4.69, 9.17) is 4.74 Å². The van der Waals surface area contributed by atoms with Crippen LogP contribution in [0.5, 0.6) is 11.5 Å². The van der Waals surface area contributed by atoms with Crippen LogP contribution in [0, 0.1) is 0 Å². The van der Waals surface area contributed by atoms with Crippen molar-refractivity contribution in [2.75, 3.05) is 13.6 Å². The third-order valence-corrected chi connectivity index (χ3v) is 3.90. The lowest BCUT2D eigenvalue weighted by Gasteiger charge is -2.09. The highest BCUT2D eigenvalue weighted by Crippen LogP contribution is 2.24. The Morgan fingerprint density at radius 2 is 1.76 bits per heavy atom. The summed E-state index contributed by atoms with van der Waals surface area (Å²) in [5, 5.41) is 0. The zero-order chi connectivity index (χ0) is 17.7. The maximum atomic E-state index is 6.05. The van der Waals surface area contributed by atoms with Gasteiger partial charge in [-0.05, 0) is 36.2 Å². The smallest absolute Gasteiger partial charge is 0.136 e. The Morgan fingerprint density at radius 3 is 2.60 bits per heavy atom. The molecule has 0 saturated carbocycles. The lowest BCUT2D eigenvalue weighted by Crippen LogP contribution is -1.92. The predicted molar refractivity (Wildman–Crippen MR) is 108 cm³/mol. The Balaban J connectivity index is 1.97. The van der Waals surface area contributed by atoms with Crippen molar-refractivity contribution in [2.24, 2.45) is 9.98 Å². The van der Waals surface area contributed by atoms with Crippen molar-refractivity contribution in [3.63, 3.8) is 0 Å². The van der Waals surface area contributed by atoms with Crippen LogP contribution in [-0.4, -0.2) is 26.0 Å². The van der Waals surface area contributed by atoms with Crippen LogP contribution in [0.25, 0.3) is 0 Å². The van der Waals surface area contributed by atoms with Crippen LogP contribution in [0.3, 0.4) is 0 Å². The quantitative estimate of drug-likeness (QED) is 0.392. The minimum atomic E-state index is 0.804. The van der Waals surface area contributed by atoms with Gasteiger partial charge in [0.05, 0.1) is 0 Å². The van der Waals surface area contributed by atoms with Gasteiger partial charge < -0.3 is 4.74 Å². The van der Waals surface area contributed by atoms with Crippen LogP contribution in [0.1, 0.15) is 50.2 Å². The molecule has 0 atom stereocenters. The fourth-order valence-corrected chi connectivity index (χ4v) is 2.58. The fraction of sp³-hybridized carbons (Fsp3) is 0.364. The lowest BCUT2D eigenvalue weighted by atomic mass is 10.1. The highest BCUT2D eigenvalue weighted by atomic mass is 16.5. The number of hydrogen-bond acceptors (Lipinski definition) is 3. The Bertz CT molecular complexity index is 692. The summed E-state index contributed by atoms with van der Waals surface area (Å²) in [6, 6.07) is 15.9. The van der Waals surface area contributed by atoms with Crippen LogP contribution in [0.4, 0.5) is 0 Å². The molecule has 0 aliphatic carbocycles. The zero-order valence-corrected chi connectivity index (χ0v) is 15.3. The van der Waals surface area contributed by atoms with Crippen molar-refractivity contribution in [3.05, 3.63) is 59.7 Å². The Morgan fingerprint density at radius 1 is 0.920 bits per heavy atom. The fourth-order valence-electron chi connectivity index (χ4n) is 2.58. The van der Waals surface area contributed by atoms with E-state index in [-0.39, 0.29) is 0 Å². The molecule has 3 nitrogen and oxygen atoms in total. The van der Waals surface area contributed by atoms with E-state index < -0.39 is 0 Å². The molecule has 2 rings (SSSR count). The van der Waals surface area contributed by atoms with Gasteiger partial charge in [-0.3, -0.25) is 9.98 Å². The molecule has 0 aliphatic rings. The molecule has 0 radical (unpaired) electrons. The third-order valence-electron chi connectivity index (χ3n) is 3.90. The van der Waals surface area contributed by atoms with E-state index in [1.165, 1.54) is 25.7 Å². The van der Waals surface area contributed by atoms with Crippen molar-refractivity contribution >= 4 is 12.4 Å². The van der Waals surface area contributed by atoms with Gasteiger partial charge in [-0.25, -0.2) is 0 Å². The predicted octanol–water partition coefficient (Wildman–Crippen LogP) is 5.92. The first-order chi connectivity index (χ1) is 12.3. The molecule has 0 heterocycles. The van der Waals surface area contributed by atoms with Crippen molar-refractivity contribution < 1.29 is 4.74 Å². The number of benzene rings is 2. The molecular formula is C22H28N2O. The Labute approximate surface area is 151 Å². The molecule has 132 valence electrons. The summed E-state index contributed by atoms with van der Waals surface area (Å²) in [6.45, 7) is 3.11. The molecule has 25 heavy (non-hydrogen) atoms. The van der Waals surface area contributed by atoms with Crippen LogP contribution in [-0.2, 0) is 0 Å². The average molecular weight is 336 g/mol. The second kappa shape index (κ2) is 11.2. The number of para-hydroxylation sites is 1. The number of rotatable bonds is 10. The number of aliphatic imine (C=N–C) groups is 2. The van der Waals surface area contributed by atoms with Gasteiger partial charge in [0.1, 0.15) is 11.5 Å². The first-order valence-electron chi connectivity index (χ1n) is 9.12. The van der Waals surface area contributed by atoms with Gasteiger partial charge in [0.15, 0.2) is 0 Å². The molecule has 0 N–H and O–H groups in total. The van der Waals surface area contributed by atoms with Gasteiger partial charge in [-0.1, -0.05) is 56.9 Å². The van der Waals surface area contributed by atoms with Crippen molar-refractivity contribution in [1.29, 1.82) is 0 Å². The number of ether oxygens (including phenoxy) is 1. The number of unbranched alkanes of at least 4 members (excludes halogenated alkanes) is 4. The lowest BCUT2D eigenvalue weighted by molar-refractivity contribution is 0.482. The van der Waals surface area contributed by atoms with E-state index in [0.29, 0.717) is 0 Å². The van der Waals surface area contributed by atoms with Gasteiger partial charge in [0, 0.05) is 31.6 Å². The summed E-state index contributed by atoms with van der Waals surface area (Å²) in [6.07, 6.45) is 10.1. The molecule has 0 amide bonds. The molecule has 0 aliphatic heterocycles. The summed E-state index contributed by atoms with van der Waals surface area (Å²) < 4.78 is 6.05. The summed E-state index contributed by atoms with van der Waals surface area (Å²) >= 11 is 0. The molecule has 0 bridgehead atoms. The number of hydrogen-bond donors (Lipinski definition) is 0. The van der Waals surface area contributed by atoms with Gasteiger partial charge >= 0.3 is 0 Å².